The third-order valence-corrected chi connectivity index (χ3v) is 2.80. The van der Waals surface area contributed by atoms with Crippen LogP contribution in [0.5, 0.6) is 0 Å². The second-order valence-corrected chi connectivity index (χ2v) is 4.19. The van der Waals surface area contributed by atoms with E-state index >= 15 is 0 Å². The number of rotatable bonds is 3. The van der Waals surface area contributed by atoms with Crippen LogP contribution in [-0.2, 0) is 6.54 Å². The number of nitrogens with zero attached hydrogens (tertiary/aromatic N) is 3. The predicted octanol–water partition coefficient (Wildman–Crippen LogP) is 2.12. The smallest absolute Gasteiger partial charge is 0.245 e. The van der Waals surface area contributed by atoms with Gasteiger partial charge < -0.3 is 15.6 Å². The van der Waals surface area contributed by atoms with E-state index in [9.17, 15) is 0 Å². The number of nitrogens with one attached hydrogen (secondary N) is 1. The fourth-order valence-corrected chi connectivity index (χ4v) is 1.94. The lowest BCUT2D eigenvalue weighted by molar-refractivity contribution is 0.379. The summed E-state index contributed by atoms with van der Waals surface area (Å²) in [6, 6.07) is 7.60. The zero-order valence-electron chi connectivity index (χ0n) is 10.4. The monoisotopic (exact) mass is 255 g/mol. The second-order valence-electron chi connectivity index (χ2n) is 4.19. The van der Waals surface area contributed by atoms with Crippen molar-refractivity contribution in [2.24, 2.45) is 0 Å². The molecule has 0 fully saturated rings. The van der Waals surface area contributed by atoms with E-state index in [0.29, 0.717) is 23.9 Å². The molecule has 96 valence electrons. The molecule has 0 aliphatic heterocycles. The van der Waals surface area contributed by atoms with Gasteiger partial charge in [-0.15, -0.1) is 0 Å². The van der Waals surface area contributed by atoms with E-state index in [0.717, 1.165) is 16.6 Å². The number of pyridine rings is 1. The molecule has 0 aliphatic rings. The van der Waals surface area contributed by atoms with Crippen LogP contribution in [0.25, 0.3) is 10.9 Å². The largest absolute Gasteiger partial charge is 0.397 e. The minimum absolute atomic E-state index is 0.467. The van der Waals surface area contributed by atoms with Gasteiger partial charge in [-0.2, -0.15) is 4.98 Å². The van der Waals surface area contributed by atoms with Crippen molar-refractivity contribution < 1.29 is 4.52 Å². The Morgan fingerprint density at radius 3 is 3.00 bits per heavy atom. The van der Waals surface area contributed by atoms with Crippen molar-refractivity contribution in [2.75, 3.05) is 11.1 Å². The third kappa shape index (κ3) is 2.20. The SMILES string of the molecule is Cc1noc(CNc2ccnc3c(N)cccc23)n1. The maximum atomic E-state index is 5.90. The predicted molar refractivity (Wildman–Crippen MR) is 72.5 cm³/mol. The summed E-state index contributed by atoms with van der Waals surface area (Å²) in [6.07, 6.45) is 1.72. The van der Waals surface area contributed by atoms with Gasteiger partial charge in [0.25, 0.3) is 0 Å². The number of nitrogen functional groups attached to an aromatic ring is 1. The summed E-state index contributed by atoms with van der Waals surface area (Å²) in [5.41, 5.74) is 8.29. The van der Waals surface area contributed by atoms with Gasteiger partial charge in [0, 0.05) is 17.3 Å². The number of para-hydroxylation sites is 1. The number of nitrogens with two attached hydrogens (primary N) is 1. The number of anilines is 2. The Hall–Kier alpha value is -2.63. The molecule has 0 bridgehead atoms. The lowest BCUT2D eigenvalue weighted by Crippen LogP contribution is -2.01. The lowest BCUT2D eigenvalue weighted by Gasteiger charge is -2.08. The van der Waals surface area contributed by atoms with Crippen LogP contribution in [0, 0.1) is 6.92 Å². The Labute approximate surface area is 109 Å². The Morgan fingerprint density at radius 2 is 2.21 bits per heavy atom. The number of hydrogen-bond donors (Lipinski definition) is 2. The third-order valence-electron chi connectivity index (χ3n) is 2.80. The molecule has 2 heterocycles. The summed E-state index contributed by atoms with van der Waals surface area (Å²) >= 11 is 0. The molecule has 0 aliphatic carbocycles. The first-order valence-corrected chi connectivity index (χ1v) is 5.90. The van der Waals surface area contributed by atoms with E-state index in [1.807, 2.05) is 24.3 Å². The fraction of sp³-hybridized carbons (Fsp3) is 0.154. The van der Waals surface area contributed by atoms with E-state index < -0.39 is 0 Å². The first kappa shape index (κ1) is 11.5. The Balaban J connectivity index is 1.91. The summed E-state index contributed by atoms with van der Waals surface area (Å²) < 4.78 is 5.06. The van der Waals surface area contributed by atoms with Crippen LogP contribution < -0.4 is 11.1 Å². The summed E-state index contributed by atoms with van der Waals surface area (Å²) in [6.45, 7) is 2.25. The maximum Gasteiger partial charge on any atom is 0.245 e. The lowest BCUT2D eigenvalue weighted by atomic mass is 10.1. The number of benzene rings is 1. The molecule has 1 aromatic carbocycles. The van der Waals surface area contributed by atoms with Gasteiger partial charge in [0.1, 0.15) is 0 Å². The molecule has 0 unspecified atom stereocenters. The van der Waals surface area contributed by atoms with Gasteiger partial charge in [0.2, 0.25) is 5.89 Å². The molecule has 0 radical (unpaired) electrons. The first-order chi connectivity index (χ1) is 9.24. The average molecular weight is 255 g/mol. The zero-order chi connectivity index (χ0) is 13.2. The van der Waals surface area contributed by atoms with Crippen molar-refractivity contribution in [2.45, 2.75) is 13.5 Å². The molecule has 0 atom stereocenters. The minimum atomic E-state index is 0.467. The van der Waals surface area contributed by atoms with Crippen LogP contribution in [0.4, 0.5) is 11.4 Å². The van der Waals surface area contributed by atoms with Gasteiger partial charge in [-0.3, -0.25) is 4.98 Å². The Morgan fingerprint density at radius 1 is 1.32 bits per heavy atom. The molecule has 3 rings (SSSR count). The molecule has 6 nitrogen and oxygen atoms in total. The second kappa shape index (κ2) is 4.56. The van der Waals surface area contributed by atoms with E-state index in [1.165, 1.54) is 0 Å². The van der Waals surface area contributed by atoms with E-state index in [4.69, 9.17) is 10.3 Å². The highest BCUT2D eigenvalue weighted by atomic mass is 16.5. The number of fused-ring (bicyclic) bond motifs is 1. The van der Waals surface area contributed by atoms with E-state index in [1.54, 1.807) is 13.1 Å². The zero-order valence-corrected chi connectivity index (χ0v) is 10.4. The maximum absolute atomic E-state index is 5.90. The quantitative estimate of drug-likeness (QED) is 0.697. The number of aryl methyl sites for hydroxylation is 1. The highest BCUT2D eigenvalue weighted by molar-refractivity contribution is 5.97. The normalized spacial score (nSPS) is 10.8. The summed E-state index contributed by atoms with van der Waals surface area (Å²) in [5, 5.41) is 7.97. The van der Waals surface area contributed by atoms with Gasteiger partial charge in [-0.05, 0) is 19.1 Å². The van der Waals surface area contributed by atoms with Gasteiger partial charge in [0.15, 0.2) is 5.82 Å². The van der Waals surface area contributed by atoms with Crippen molar-refractivity contribution in [1.82, 2.24) is 15.1 Å². The minimum Gasteiger partial charge on any atom is -0.397 e. The molecule has 3 aromatic rings. The van der Waals surface area contributed by atoms with Gasteiger partial charge in [0.05, 0.1) is 17.7 Å². The van der Waals surface area contributed by atoms with Crippen LogP contribution in [0.1, 0.15) is 11.7 Å². The fourth-order valence-electron chi connectivity index (χ4n) is 1.94. The van der Waals surface area contributed by atoms with Crippen LogP contribution in [-0.4, -0.2) is 15.1 Å². The van der Waals surface area contributed by atoms with Crippen molar-refractivity contribution in [3.63, 3.8) is 0 Å². The molecule has 19 heavy (non-hydrogen) atoms. The van der Waals surface area contributed by atoms with Crippen LogP contribution in [0.2, 0.25) is 0 Å². The molecular weight excluding hydrogens is 242 g/mol. The molecular formula is C13H13N5O. The topological polar surface area (TPSA) is 89.9 Å². The van der Waals surface area contributed by atoms with Crippen LogP contribution in [0.15, 0.2) is 35.0 Å². The average Bonchev–Trinajstić information content (AvgIpc) is 2.83. The first-order valence-electron chi connectivity index (χ1n) is 5.90. The van der Waals surface area contributed by atoms with Gasteiger partial charge in [-0.1, -0.05) is 17.3 Å². The van der Waals surface area contributed by atoms with E-state index in [-0.39, 0.29) is 0 Å². The summed E-state index contributed by atoms with van der Waals surface area (Å²) in [7, 11) is 0. The van der Waals surface area contributed by atoms with Crippen molar-refractivity contribution in [3.8, 4) is 0 Å². The standard InChI is InChI=1S/C13H13N5O/c1-8-17-12(19-18-8)7-16-11-5-6-15-13-9(11)3-2-4-10(13)14/h2-6H,7,14H2,1H3,(H,15,16). The molecule has 2 aromatic heterocycles. The molecule has 3 N–H and O–H groups in total. The molecule has 0 amide bonds. The highest BCUT2D eigenvalue weighted by Crippen LogP contribution is 2.25. The molecule has 0 saturated heterocycles. The van der Waals surface area contributed by atoms with Crippen molar-refractivity contribution >= 4 is 22.3 Å². The summed E-state index contributed by atoms with van der Waals surface area (Å²) in [5.74, 6) is 1.17. The Bertz CT molecular complexity index is 722. The van der Waals surface area contributed by atoms with E-state index in [2.05, 4.69) is 20.4 Å². The van der Waals surface area contributed by atoms with Gasteiger partial charge >= 0.3 is 0 Å². The number of aromatic nitrogens is 3. The van der Waals surface area contributed by atoms with Gasteiger partial charge in [-0.25, -0.2) is 0 Å². The molecule has 6 heteroatoms. The molecule has 0 saturated carbocycles. The highest BCUT2D eigenvalue weighted by Gasteiger charge is 2.06. The number of hydrogen-bond acceptors (Lipinski definition) is 6. The molecule has 0 spiro atoms. The Kier molecular flexibility index (Phi) is 2.75. The van der Waals surface area contributed by atoms with Crippen molar-refractivity contribution in [1.29, 1.82) is 0 Å². The van der Waals surface area contributed by atoms with Crippen LogP contribution >= 0.6 is 0 Å². The van der Waals surface area contributed by atoms with Crippen LogP contribution in [0.3, 0.4) is 0 Å². The summed E-state index contributed by atoms with van der Waals surface area (Å²) in [4.78, 5) is 8.43. The van der Waals surface area contributed by atoms with Crippen molar-refractivity contribution in [3.05, 3.63) is 42.2 Å².